The third-order valence-electron chi connectivity index (χ3n) is 2.06. The summed E-state index contributed by atoms with van der Waals surface area (Å²) in [6.45, 7) is 1.65. The van der Waals surface area contributed by atoms with Crippen LogP contribution in [-0.2, 0) is 0 Å². The van der Waals surface area contributed by atoms with Crippen LogP contribution in [-0.4, -0.2) is 16.1 Å². The number of nitrogens with two attached hydrogens (primary N) is 1. The van der Waals surface area contributed by atoms with Gasteiger partial charge in [0, 0.05) is 16.1 Å². The standard InChI is InChI=1S/C9H8N2O2S/c1-4-7(9(12)13)8(10)5-2-14-3-6(5)11-4/h2-3H,10H2,1H3,(H,12,13). The molecule has 0 radical (unpaired) electrons. The topological polar surface area (TPSA) is 76.2 Å². The van der Waals surface area contributed by atoms with E-state index in [4.69, 9.17) is 10.8 Å². The molecule has 3 N–H and O–H groups in total. The lowest BCUT2D eigenvalue weighted by Gasteiger charge is -2.04. The number of carboxylic acids is 1. The Morgan fingerprint density at radius 2 is 2.29 bits per heavy atom. The minimum Gasteiger partial charge on any atom is -0.478 e. The normalized spacial score (nSPS) is 10.6. The first-order chi connectivity index (χ1) is 6.61. The van der Waals surface area contributed by atoms with Crippen molar-refractivity contribution in [3.05, 3.63) is 22.0 Å². The number of thiophene rings is 1. The average molecular weight is 208 g/mol. The van der Waals surface area contributed by atoms with Gasteiger partial charge >= 0.3 is 5.97 Å². The summed E-state index contributed by atoms with van der Waals surface area (Å²) in [5, 5.41) is 13.3. The van der Waals surface area contributed by atoms with Crippen molar-refractivity contribution < 1.29 is 9.90 Å². The Hall–Kier alpha value is -1.62. The van der Waals surface area contributed by atoms with E-state index >= 15 is 0 Å². The maximum Gasteiger partial charge on any atom is 0.339 e. The number of nitrogens with zero attached hydrogens (tertiary/aromatic N) is 1. The minimum atomic E-state index is -1.03. The Balaban J connectivity index is 2.89. The van der Waals surface area contributed by atoms with Crippen molar-refractivity contribution in [1.29, 1.82) is 0 Å². The molecule has 14 heavy (non-hydrogen) atoms. The van der Waals surface area contributed by atoms with E-state index < -0.39 is 5.97 Å². The van der Waals surface area contributed by atoms with Crippen molar-refractivity contribution in [2.45, 2.75) is 6.92 Å². The summed E-state index contributed by atoms with van der Waals surface area (Å²) in [6, 6.07) is 0. The van der Waals surface area contributed by atoms with Crippen molar-refractivity contribution in [1.82, 2.24) is 4.98 Å². The zero-order valence-corrected chi connectivity index (χ0v) is 8.26. The number of aromatic carboxylic acids is 1. The molecule has 0 spiro atoms. The molecule has 0 atom stereocenters. The number of aryl methyl sites for hydroxylation is 1. The molecule has 0 amide bonds. The Morgan fingerprint density at radius 1 is 1.57 bits per heavy atom. The van der Waals surface area contributed by atoms with Crippen LogP contribution in [0.4, 0.5) is 5.69 Å². The first kappa shape index (κ1) is 8.96. The van der Waals surface area contributed by atoms with Gasteiger partial charge in [-0.3, -0.25) is 4.98 Å². The van der Waals surface area contributed by atoms with E-state index in [1.165, 1.54) is 11.3 Å². The SMILES string of the molecule is Cc1nc2cscc2c(N)c1C(=O)O. The molecule has 4 nitrogen and oxygen atoms in total. The van der Waals surface area contributed by atoms with Crippen molar-refractivity contribution in [2.75, 3.05) is 5.73 Å². The van der Waals surface area contributed by atoms with Gasteiger partial charge in [0.15, 0.2) is 0 Å². The molecule has 2 aromatic rings. The predicted molar refractivity (Wildman–Crippen MR) is 55.7 cm³/mol. The third kappa shape index (κ3) is 1.13. The molecule has 0 aliphatic carbocycles. The van der Waals surface area contributed by atoms with Gasteiger partial charge in [0.05, 0.1) is 16.9 Å². The fourth-order valence-corrected chi connectivity index (χ4v) is 2.17. The molecular formula is C9H8N2O2S. The van der Waals surface area contributed by atoms with Crippen LogP contribution in [0.15, 0.2) is 10.8 Å². The second-order valence-electron chi connectivity index (χ2n) is 2.96. The first-order valence-corrected chi connectivity index (χ1v) is 4.91. The minimum absolute atomic E-state index is 0.107. The maximum atomic E-state index is 10.9. The van der Waals surface area contributed by atoms with Gasteiger partial charge in [-0.1, -0.05) is 0 Å². The van der Waals surface area contributed by atoms with Crippen LogP contribution in [0.1, 0.15) is 16.1 Å². The largest absolute Gasteiger partial charge is 0.478 e. The lowest BCUT2D eigenvalue weighted by Crippen LogP contribution is -2.06. The number of rotatable bonds is 1. The summed E-state index contributed by atoms with van der Waals surface area (Å²) in [6.07, 6.45) is 0. The van der Waals surface area contributed by atoms with Gasteiger partial charge in [0.25, 0.3) is 0 Å². The lowest BCUT2D eigenvalue weighted by atomic mass is 10.1. The number of carboxylic acid groups (broad SMARTS) is 1. The number of fused-ring (bicyclic) bond motifs is 1. The van der Waals surface area contributed by atoms with E-state index in [0.29, 0.717) is 11.4 Å². The monoisotopic (exact) mass is 208 g/mol. The highest BCUT2D eigenvalue weighted by atomic mass is 32.1. The van der Waals surface area contributed by atoms with E-state index in [9.17, 15) is 4.79 Å². The summed E-state index contributed by atoms with van der Waals surface area (Å²) in [7, 11) is 0. The van der Waals surface area contributed by atoms with E-state index in [1.54, 1.807) is 6.92 Å². The van der Waals surface area contributed by atoms with Gasteiger partial charge in [0.1, 0.15) is 5.56 Å². The summed E-state index contributed by atoms with van der Waals surface area (Å²) in [5.74, 6) is -1.03. The number of carbonyl (C=O) groups is 1. The summed E-state index contributed by atoms with van der Waals surface area (Å²) >= 11 is 1.46. The Morgan fingerprint density at radius 3 is 2.93 bits per heavy atom. The molecule has 0 unspecified atom stereocenters. The smallest absolute Gasteiger partial charge is 0.339 e. The van der Waals surface area contributed by atoms with Crippen molar-refractivity contribution in [3.63, 3.8) is 0 Å². The Kier molecular flexibility index (Phi) is 1.89. The van der Waals surface area contributed by atoms with E-state index in [1.807, 2.05) is 10.8 Å². The molecule has 0 aromatic carbocycles. The second-order valence-corrected chi connectivity index (χ2v) is 3.71. The number of pyridine rings is 1. The number of hydrogen-bond donors (Lipinski definition) is 2. The summed E-state index contributed by atoms with van der Waals surface area (Å²) in [4.78, 5) is 15.1. The van der Waals surface area contributed by atoms with Crippen LogP contribution in [0.2, 0.25) is 0 Å². The molecule has 0 fully saturated rings. The highest BCUT2D eigenvalue weighted by Crippen LogP contribution is 2.28. The fraction of sp³-hybridized carbons (Fsp3) is 0.111. The van der Waals surface area contributed by atoms with Crippen LogP contribution < -0.4 is 5.73 Å². The van der Waals surface area contributed by atoms with Crippen LogP contribution in [0.3, 0.4) is 0 Å². The number of nitrogen functional groups attached to an aromatic ring is 1. The lowest BCUT2D eigenvalue weighted by molar-refractivity contribution is 0.0697. The van der Waals surface area contributed by atoms with Gasteiger partial charge in [-0.25, -0.2) is 4.79 Å². The molecule has 0 aliphatic rings. The Bertz CT molecular complexity index is 519. The van der Waals surface area contributed by atoms with Gasteiger partial charge in [-0.15, -0.1) is 11.3 Å². The van der Waals surface area contributed by atoms with E-state index in [2.05, 4.69) is 4.98 Å². The predicted octanol–water partition coefficient (Wildman–Crippen LogP) is 1.89. The van der Waals surface area contributed by atoms with E-state index in [-0.39, 0.29) is 5.56 Å². The number of hydrogen-bond acceptors (Lipinski definition) is 4. The van der Waals surface area contributed by atoms with Crippen LogP contribution in [0, 0.1) is 6.92 Å². The fourth-order valence-electron chi connectivity index (χ4n) is 1.41. The molecule has 0 saturated carbocycles. The van der Waals surface area contributed by atoms with Crippen LogP contribution in [0.5, 0.6) is 0 Å². The van der Waals surface area contributed by atoms with Gasteiger partial charge in [0.2, 0.25) is 0 Å². The summed E-state index contributed by atoms with van der Waals surface area (Å²) in [5.41, 5.74) is 7.38. The third-order valence-corrected chi connectivity index (χ3v) is 2.80. The zero-order valence-electron chi connectivity index (χ0n) is 7.44. The zero-order chi connectivity index (χ0) is 10.3. The number of aromatic nitrogens is 1. The molecule has 5 heteroatoms. The van der Waals surface area contributed by atoms with Crippen molar-refractivity contribution in [3.8, 4) is 0 Å². The average Bonchev–Trinajstić information content (AvgIpc) is 2.50. The van der Waals surface area contributed by atoms with Gasteiger partial charge in [-0.05, 0) is 6.92 Å². The molecule has 2 heterocycles. The molecular weight excluding hydrogens is 200 g/mol. The molecule has 0 bridgehead atoms. The van der Waals surface area contributed by atoms with Crippen molar-refractivity contribution in [2.24, 2.45) is 0 Å². The summed E-state index contributed by atoms with van der Waals surface area (Å²) < 4.78 is 0. The molecule has 0 saturated heterocycles. The molecule has 72 valence electrons. The van der Waals surface area contributed by atoms with Crippen molar-refractivity contribution >= 4 is 33.9 Å². The molecule has 2 rings (SSSR count). The number of anilines is 1. The van der Waals surface area contributed by atoms with Crippen LogP contribution in [0.25, 0.3) is 10.9 Å². The van der Waals surface area contributed by atoms with Gasteiger partial charge < -0.3 is 10.8 Å². The molecule has 0 aliphatic heterocycles. The second kappa shape index (κ2) is 2.95. The van der Waals surface area contributed by atoms with E-state index in [0.717, 1.165) is 10.9 Å². The highest BCUT2D eigenvalue weighted by Gasteiger charge is 2.16. The Labute approximate surface area is 84.0 Å². The maximum absolute atomic E-state index is 10.9. The quantitative estimate of drug-likeness (QED) is 0.750. The molecule has 2 aromatic heterocycles. The first-order valence-electron chi connectivity index (χ1n) is 3.96. The highest BCUT2D eigenvalue weighted by molar-refractivity contribution is 7.09. The van der Waals surface area contributed by atoms with Gasteiger partial charge in [-0.2, -0.15) is 0 Å². The van der Waals surface area contributed by atoms with Crippen LogP contribution >= 0.6 is 11.3 Å².